The molecule has 21 heavy (non-hydrogen) atoms. The van der Waals surface area contributed by atoms with E-state index >= 15 is 0 Å². The van der Waals surface area contributed by atoms with E-state index in [1.807, 2.05) is 24.3 Å². The first-order valence-electron chi connectivity index (χ1n) is 7.55. The average molecular weight is 307 g/mol. The Bertz CT molecular complexity index is 454. The van der Waals surface area contributed by atoms with Gasteiger partial charge in [0.1, 0.15) is 0 Å². The third-order valence-corrected chi connectivity index (χ3v) is 4.02. The van der Waals surface area contributed by atoms with Crippen molar-refractivity contribution >= 4 is 23.5 Å². The van der Waals surface area contributed by atoms with Crippen LogP contribution in [-0.4, -0.2) is 24.0 Å². The molecule has 0 aliphatic rings. The molecule has 0 saturated heterocycles. The Balaban J connectivity index is 2.40. The minimum atomic E-state index is 0.0526. The lowest BCUT2D eigenvalue weighted by Gasteiger charge is -2.07. The SMILES string of the molecule is CCCCC(=O)c1ccc(SCC(=O)NCC(C)C)cc1. The van der Waals surface area contributed by atoms with Gasteiger partial charge in [-0.25, -0.2) is 0 Å². The van der Waals surface area contributed by atoms with Crippen molar-refractivity contribution in [2.24, 2.45) is 5.92 Å². The van der Waals surface area contributed by atoms with Crippen molar-refractivity contribution in [1.82, 2.24) is 5.32 Å². The maximum absolute atomic E-state index is 11.9. The van der Waals surface area contributed by atoms with Gasteiger partial charge in [0.2, 0.25) is 5.91 Å². The lowest BCUT2D eigenvalue weighted by atomic mass is 10.1. The van der Waals surface area contributed by atoms with Crippen LogP contribution in [0.2, 0.25) is 0 Å². The zero-order valence-electron chi connectivity index (χ0n) is 13.1. The first-order valence-corrected chi connectivity index (χ1v) is 8.54. The van der Waals surface area contributed by atoms with Gasteiger partial charge >= 0.3 is 0 Å². The van der Waals surface area contributed by atoms with Gasteiger partial charge in [-0.15, -0.1) is 11.8 Å². The van der Waals surface area contributed by atoms with Gasteiger partial charge < -0.3 is 5.32 Å². The third-order valence-electron chi connectivity index (χ3n) is 3.01. The van der Waals surface area contributed by atoms with Crippen molar-refractivity contribution in [2.75, 3.05) is 12.3 Å². The lowest BCUT2D eigenvalue weighted by Crippen LogP contribution is -2.28. The fourth-order valence-corrected chi connectivity index (χ4v) is 2.46. The number of benzene rings is 1. The molecular weight excluding hydrogens is 282 g/mol. The summed E-state index contributed by atoms with van der Waals surface area (Å²) in [6.45, 7) is 6.94. The quantitative estimate of drug-likeness (QED) is 0.555. The number of nitrogens with one attached hydrogen (secondary N) is 1. The Labute approximate surface area is 131 Å². The highest BCUT2D eigenvalue weighted by molar-refractivity contribution is 8.00. The van der Waals surface area contributed by atoms with Crippen molar-refractivity contribution in [3.05, 3.63) is 29.8 Å². The van der Waals surface area contributed by atoms with Crippen LogP contribution in [0.4, 0.5) is 0 Å². The molecule has 3 nitrogen and oxygen atoms in total. The molecule has 1 rings (SSSR count). The second kappa shape index (κ2) is 9.61. The third kappa shape index (κ3) is 7.32. The molecule has 0 atom stereocenters. The van der Waals surface area contributed by atoms with Gasteiger partial charge in [-0.05, 0) is 24.5 Å². The topological polar surface area (TPSA) is 46.2 Å². The molecule has 1 aromatic rings. The van der Waals surface area contributed by atoms with Gasteiger partial charge in [-0.3, -0.25) is 9.59 Å². The molecule has 0 spiro atoms. The standard InChI is InChI=1S/C17H25NO2S/c1-4-5-6-16(19)14-7-9-15(10-8-14)21-12-17(20)18-11-13(2)3/h7-10,13H,4-6,11-12H2,1-3H3,(H,18,20). The Morgan fingerprint density at radius 1 is 1.19 bits per heavy atom. The van der Waals surface area contributed by atoms with Gasteiger partial charge in [-0.2, -0.15) is 0 Å². The summed E-state index contributed by atoms with van der Waals surface area (Å²) in [5.74, 6) is 1.13. The number of thioether (sulfide) groups is 1. The van der Waals surface area contributed by atoms with E-state index in [-0.39, 0.29) is 11.7 Å². The van der Waals surface area contributed by atoms with Gasteiger partial charge in [0, 0.05) is 23.4 Å². The van der Waals surface area contributed by atoms with E-state index in [9.17, 15) is 9.59 Å². The number of amides is 1. The monoisotopic (exact) mass is 307 g/mol. The Morgan fingerprint density at radius 3 is 2.43 bits per heavy atom. The molecule has 4 heteroatoms. The molecule has 1 amide bonds. The smallest absolute Gasteiger partial charge is 0.230 e. The Hall–Kier alpha value is -1.29. The minimum absolute atomic E-state index is 0.0526. The summed E-state index contributed by atoms with van der Waals surface area (Å²) in [7, 11) is 0. The molecule has 0 heterocycles. The van der Waals surface area contributed by atoms with Crippen molar-refractivity contribution in [2.45, 2.75) is 44.9 Å². The fraction of sp³-hybridized carbons (Fsp3) is 0.529. The number of carbonyl (C=O) groups is 2. The molecule has 0 aromatic heterocycles. The number of hydrogen-bond acceptors (Lipinski definition) is 3. The summed E-state index contributed by atoms with van der Waals surface area (Å²) in [4.78, 5) is 24.5. The van der Waals surface area contributed by atoms with Gasteiger partial charge in [0.25, 0.3) is 0 Å². The normalized spacial score (nSPS) is 10.7. The van der Waals surface area contributed by atoms with Crippen molar-refractivity contribution in [1.29, 1.82) is 0 Å². The lowest BCUT2D eigenvalue weighted by molar-refractivity contribution is -0.118. The number of unbranched alkanes of at least 4 members (excludes halogenated alkanes) is 1. The highest BCUT2D eigenvalue weighted by Gasteiger charge is 2.07. The minimum Gasteiger partial charge on any atom is -0.355 e. The van der Waals surface area contributed by atoms with E-state index in [1.165, 1.54) is 11.8 Å². The van der Waals surface area contributed by atoms with E-state index in [1.54, 1.807) is 0 Å². The maximum Gasteiger partial charge on any atom is 0.230 e. The molecule has 0 aliphatic carbocycles. The number of hydrogen-bond donors (Lipinski definition) is 1. The predicted octanol–water partition coefficient (Wildman–Crippen LogP) is 3.92. The first kappa shape index (κ1) is 17.8. The molecule has 116 valence electrons. The van der Waals surface area contributed by atoms with Crippen LogP contribution in [0.1, 0.15) is 50.4 Å². The Morgan fingerprint density at radius 2 is 1.86 bits per heavy atom. The number of ketones is 1. The van der Waals surface area contributed by atoms with Crippen molar-refractivity contribution in [3.8, 4) is 0 Å². The summed E-state index contributed by atoms with van der Waals surface area (Å²) in [6.07, 6.45) is 2.58. The van der Waals surface area contributed by atoms with Crippen LogP contribution in [0, 0.1) is 5.92 Å². The van der Waals surface area contributed by atoms with Gasteiger partial charge in [-0.1, -0.05) is 39.3 Å². The van der Waals surface area contributed by atoms with Crippen LogP contribution in [0.3, 0.4) is 0 Å². The van der Waals surface area contributed by atoms with Gasteiger partial charge in [0.15, 0.2) is 5.78 Å². The van der Waals surface area contributed by atoms with E-state index < -0.39 is 0 Å². The molecule has 0 saturated carbocycles. The van der Waals surface area contributed by atoms with Crippen LogP contribution >= 0.6 is 11.8 Å². The second-order valence-corrected chi connectivity index (χ2v) is 6.59. The molecule has 0 aliphatic heterocycles. The molecule has 1 aromatic carbocycles. The highest BCUT2D eigenvalue weighted by Crippen LogP contribution is 2.19. The fourth-order valence-electron chi connectivity index (χ4n) is 1.74. The summed E-state index contributed by atoms with van der Waals surface area (Å²) in [5, 5.41) is 2.89. The number of carbonyl (C=O) groups excluding carboxylic acids is 2. The predicted molar refractivity (Wildman–Crippen MR) is 88.9 cm³/mol. The zero-order chi connectivity index (χ0) is 15.7. The van der Waals surface area contributed by atoms with Gasteiger partial charge in [0.05, 0.1) is 5.75 Å². The molecule has 1 N–H and O–H groups in total. The molecule has 0 fully saturated rings. The summed E-state index contributed by atoms with van der Waals surface area (Å²) >= 11 is 1.50. The van der Waals surface area contributed by atoms with Crippen LogP contribution in [-0.2, 0) is 4.79 Å². The van der Waals surface area contributed by atoms with Crippen molar-refractivity contribution in [3.63, 3.8) is 0 Å². The average Bonchev–Trinajstić information content (AvgIpc) is 2.49. The van der Waals surface area contributed by atoms with Crippen LogP contribution in [0.25, 0.3) is 0 Å². The van der Waals surface area contributed by atoms with Crippen LogP contribution in [0.5, 0.6) is 0 Å². The Kier molecular flexibility index (Phi) is 8.13. The molecule has 0 unspecified atom stereocenters. The number of Topliss-reactive ketones (excluding diaryl/α,β-unsaturated/α-hetero) is 1. The summed E-state index contributed by atoms with van der Waals surface area (Å²) < 4.78 is 0. The molecule has 0 radical (unpaired) electrons. The zero-order valence-corrected chi connectivity index (χ0v) is 14.0. The van der Waals surface area contributed by atoms with Crippen molar-refractivity contribution < 1.29 is 9.59 Å². The van der Waals surface area contributed by atoms with E-state index in [0.717, 1.165) is 23.3 Å². The second-order valence-electron chi connectivity index (χ2n) is 5.54. The highest BCUT2D eigenvalue weighted by atomic mass is 32.2. The van der Waals surface area contributed by atoms with Crippen LogP contribution in [0.15, 0.2) is 29.2 Å². The summed E-state index contributed by atoms with van der Waals surface area (Å²) in [6, 6.07) is 7.54. The van der Waals surface area contributed by atoms with E-state index in [4.69, 9.17) is 0 Å². The largest absolute Gasteiger partial charge is 0.355 e. The van der Waals surface area contributed by atoms with E-state index in [0.29, 0.717) is 24.6 Å². The van der Waals surface area contributed by atoms with E-state index in [2.05, 4.69) is 26.1 Å². The first-order chi connectivity index (χ1) is 10.0. The summed E-state index contributed by atoms with van der Waals surface area (Å²) in [5.41, 5.74) is 0.761. The molecule has 0 bridgehead atoms. The maximum atomic E-state index is 11.9. The number of rotatable bonds is 9. The van der Waals surface area contributed by atoms with Crippen LogP contribution < -0.4 is 5.32 Å². The molecular formula is C17H25NO2S.